The molecule has 1 saturated heterocycles. The molecule has 3 nitrogen and oxygen atoms in total. The Balaban J connectivity index is 1.98. The molecule has 2 atom stereocenters. The highest BCUT2D eigenvalue weighted by molar-refractivity contribution is 5.89. The van der Waals surface area contributed by atoms with Gasteiger partial charge in [-0.05, 0) is 19.8 Å². The molecule has 0 aromatic heterocycles. The van der Waals surface area contributed by atoms with Gasteiger partial charge in [-0.1, -0.05) is 25.8 Å². The average Bonchev–Trinajstić information content (AvgIpc) is 2.26. The molecule has 2 rings (SSSR count). The van der Waals surface area contributed by atoms with Crippen LogP contribution in [0.4, 0.5) is 0 Å². The molecule has 1 aliphatic heterocycles. The van der Waals surface area contributed by atoms with E-state index in [0.717, 1.165) is 12.8 Å². The molecule has 3 heteroatoms. The molecule has 84 valence electrons. The first-order chi connectivity index (χ1) is 7.18. The molecule has 1 heterocycles. The Hall–Kier alpha value is -0.830. The van der Waals surface area contributed by atoms with Gasteiger partial charge in [-0.15, -0.1) is 0 Å². The van der Waals surface area contributed by atoms with Crippen LogP contribution >= 0.6 is 0 Å². The SMILES string of the molecule is C=C1C(=O)O[C@H](C2CCCCC2)O[C@@H]1C. The van der Waals surface area contributed by atoms with Gasteiger partial charge in [0.15, 0.2) is 0 Å². The van der Waals surface area contributed by atoms with E-state index in [4.69, 9.17) is 9.47 Å². The number of esters is 1. The van der Waals surface area contributed by atoms with E-state index in [1.54, 1.807) is 0 Å². The summed E-state index contributed by atoms with van der Waals surface area (Å²) in [6.45, 7) is 5.52. The molecular weight excluding hydrogens is 192 g/mol. The summed E-state index contributed by atoms with van der Waals surface area (Å²) in [5.74, 6) is 0.0996. The van der Waals surface area contributed by atoms with Crippen LogP contribution in [-0.4, -0.2) is 18.4 Å². The minimum Gasteiger partial charge on any atom is -0.432 e. The van der Waals surface area contributed by atoms with Crippen LogP contribution in [-0.2, 0) is 14.3 Å². The lowest BCUT2D eigenvalue weighted by atomic mass is 9.88. The van der Waals surface area contributed by atoms with Crippen molar-refractivity contribution < 1.29 is 14.3 Å². The van der Waals surface area contributed by atoms with Gasteiger partial charge < -0.3 is 9.47 Å². The van der Waals surface area contributed by atoms with Crippen LogP contribution < -0.4 is 0 Å². The average molecular weight is 210 g/mol. The Bertz CT molecular complexity index is 266. The zero-order valence-corrected chi connectivity index (χ0v) is 9.20. The van der Waals surface area contributed by atoms with Gasteiger partial charge in [-0.25, -0.2) is 4.79 Å². The molecule has 0 amide bonds. The second kappa shape index (κ2) is 4.35. The van der Waals surface area contributed by atoms with Gasteiger partial charge in [0.05, 0.1) is 11.7 Å². The molecular formula is C12H18O3. The number of rotatable bonds is 1. The van der Waals surface area contributed by atoms with Crippen LogP contribution in [0.25, 0.3) is 0 Å². The summed E-state index contributed by atoms with van der Waals surface area (Å²) in [6, 6.07) is 0. The van der Waals surface area contributed by atoms with Gasteiger partial charge in [0.25, 0.3) is 0 Å². The first-order valence-electron chi connectivity index (χ1n) is 5.73. The Morgan fingerprint density at radius 1 is 1.27 bits per heavy atom. The van der Waals surface area contributed by atoms with Crippen molar-refractivity contribution in [3.8, 4) is 0 Å². The quantitative estimate of drug-likeness (QED) is 0.492. The fourth-order valence-electron chi connectivity index (χ4n) is 2.27. The van der Waals surface area contributed by atoms with Crippen molar-refractivity contribution in [1.82, 2.24) is 0 Å². The molecule has 0 unspecified atom stereocenters. The third kappa shape index (κ3) is 2.23. The number of cyclic esters (lactones) is 1. The second-order valence-electron chi connectivity index (χ2n) is 4.48. The molecule has 0 bridgehead atoms. The van der Waals surface area contributed by atoms with E-state index < -0.39 is 0 Å². The summed E-state index contributed by atoms with van der Waals surface area (Å²) in [6.07, 6.45) is 5.42. The maximum atomic E-state index is 11.5. The number of carbonyl (C=O) groups is 1. The smallest absolute Gasteiger partial charge is 0.338 e. The molecule has 15 heavy (non-hydrogen) atoms. The van der Waals surface area contributed by atoms with E-state index in [1.807, 2.05) is 6.92 Å². The van der Waals surface area contributed by atoms with Gasteiger partial charge in [-0.3, -0.25) is 0 Å². The largest absolute Gasteiger partial charge is 0.432 e. The second-order valence-corrected chi connectivity index (χ2v) is 4.48. The van der Waals surface area contributed by atoms with Crippen LogP contribution in [0.15, 0.2) is 12.2 Å². The van der Waals surface area contributed by atoms with E-state index in [0.29, 0.717) is 11.5 Å². The van der Waals surface area contributed by atoms with Gasteiger partial charge in [0.2, 0.25) is 6.29 Å². The van der Waals surface area contributed by atoms with Crippen LogP contribution in [0, 0.1) is 5.92 Å². The molecule has 1 aliphatic carbocycles. The summed E-state index contributed by atoms with van der Waals surface area (Å²) in [4.78, 5) is 11.5. The summed E-state index contributed by atoms with van der Waals surface area (Å²) in [7, 11) is 0. The van der Waals surface area contributed by atoms with Crippen LogP contribution in [0.3, 0.4) is 0 Å². The van der Waals surface area contributed by atoms with Crippen molar-refractivity contribution in [2.24, 2.45) is 5.92 Å². The standard InChI is InChI=1S/C12H18O3/c1-8-9(2)14-12(15-11(8)13)10-6-4-3-5-7-10/h9-10,12H,1,3-7H2,2H3/t9-,12-/m1/s1. The predicted molar refractivity (Wildman–Crippen MR) is 56.1 cm³/mol. The lowest BCUT2D eigenvalue weighted by molar-refractivity contribution is -0.215. The summed E-state index contributed by atoms with van der Waals surface area (Å²) in [5.41, 5.74) is 0.432. The maximum absolute atomic E-state index is 11.5. The molecule has 2 fully saturated rings. The van der Waals surface area contributed by atoms with Gasteiger partial charge in [0, 0.05) is 5.92 Å². The van der Waals surface area contributed by atoms with Crippen molar-refractivity contribution in [3.63, 3.8) is 0 Å². The van der Waals surface area contributed by atoms with Crippen molar-refractivity contribution in [2.45, 2.75) is 51.4 Å². The van der Waals surface area contributed by atoms with Crippen LogP contribution in [0.5, 0.6) is 0 Å². The molecule has 0 aromatic rings. The minimum absolute atomic E-state index is 0.196. The third-order valence-corrected chi connectivity index (χ3v) is 3.35. The number of ether oxygens (including phenoxy) is 2. The van der Waals surface area contributed by atoms with Crippen molar-refractivity contribution >= 4 is 5.97 Å². The predicted octanol–water partition coefficient (Wildman–Crippen LogP) is 2.41. The van der Waals surface area contributed by atoms with Gasteiger partial charge in [-0.2, -0.15) is 0 Å². The Morgan fingerprint density at radius 2 is 1.93 bits per heavy atom. The zero-order chi connectivity index (χ0) is 10.8. The monoisotopic (exact) mass is 210 g/mol. The fourth-order valence-corrected chi connectivity index (χ4v) is 2.27. The minimum atomic E-state index is -0.335. The van der Waals surface area contributed by atoms with E-state index in [-0.39, 0.29) is 18.4 Å². The van der Waals surface area contributed by atoms with Crippen molar-refractivity contribution in [3.05, 3.63) is 12.2 Å². The molecule has 0 radical (unpaired) electrons. The molecule has 0 spiro atoms. The maximum Gasteiger partial charge on any atom is 0.338 e. The van der Waals surface area contributed by atoms with Gasteiger partial charge in [0.1, 0.15) is 0 Å². The molecule has 1 saturated carbocycles. The summed E-state index contributed by atoms with van der Waals surface area (Å²) < 4.78 is 10.9. The number of carbonyl (C=O) groups excluding carboxylic acids is 1. The first kappa shape index (κ1) is 10.7. The number of hydrogen-bond acceptors (Lipinski definition) is 3. The molecule has 0 N–H and O–H groups in total. The van der Waals surface area contributed by atoms with E-state index in [2.05, 4.69) is 6.58 Å². The Morgan fingerprint density at radius 3 is 2.53 bits per heavy atom. The molecule has 2 aliphatic rings. The van der Waals surface area contributed by atoms with E-state index >= 15 is 0 Å². The van der Waals surface area contributed by atoms with Gasteiger partial charge >= 0.3 is 5.97 Å². The third-order valence-electron chi connectivity index (χ3n) is 3.35. The summed E-state index contributed by atoms with van der Waals surface area (Å²) in [5, 5.41) is 0. The van der Waals surface area contributed by atoms with Crippen molar-refractivity contribution in [1.29, 1.82) is 0 Å². The summed E-state index contributed by atoms with van der Waals surface area (Å²) >= 11 is 0. The fraction of sp³-hybridized carbons (Fsp3) is 0.750. The topological polar surface area (TPSA) is 35.5 Å². The number of hydrogen-bond donors (Lipinski definition) is 0. The van der Waals surface area contributed by atoms with Crippen molar-refractivity contribution in [2.75, 3.05) is 0 Å². The van der Waals surface area contributed by atoms with Crippen LogP contribution in [0.1, 0.15) is 39.0 Å². The lowest BCUT2D eigenvalue weighted by Crippen LogP contribution is -2.40. The van der Waals surface area contributed by atoms with E-state index in [9.17, 15) is 4.79 Å². The highest BCUT2D eigenvalue weighted by Gasteiger charge is 2.35. The Kier molecular flexibility index (Phi) is 3.10. The Labute approximate surface area is 90.4 Å². The normalized spacial score (nSPS) is 33.9. The molecule has 0 aromatic carbocycles. The van der Waals surface area contributed by atoms with E-state index in [1.165, 1.54) is 19.3 Å². The highest BCUT2D eigenvalue weighted by atomic mass is 16.7. The first-order valence-corrected chi connectivity index (χ1v) is 5.73. The zero-order valence-electron chi connectivity index (χ0n) is 9.20. The lowest BCUT2D eigenvalue weighted by Gasteiger charge is -2.35. The highest BCUT2D eigenvalue weighted by Crippen LogP contribution is 2.32. The van der Waals surface area contributed by atoms with Crippen LogP contribution in [0.2, 0.25) is 0 Å².